The lowest BCUT2D eigenvalue weighted by molar-refractivity contribution is -0.173. The molecule has 2 aliphatic carbocycles. The van der Waals surface area contributed by atoms with Crippen molar-refractivity contribution in [2.24, 2.45) is 11.3 Å². The summed E-state index contributed by atoms with van der Waals surface area (Å²) in [5, 5.41) is 4.34. The molecule has 0 bridgehead atoms. The molecule has 3 fully saturated rings. The number of fused-ring (bicyclic) bond motifs is 2. The van der Waals surface area contributed by atoms with Crippen LogP contribution in [0.25, 0.3) is 0 Å². The van der Waals surface area contributed by atoms with E-state index in [1.165, 1.54) is 0 Å². The third-order valence-corrected chi connectivity index (χ3v) is 6.21. The van der Waals surface area contributed by atoms with Gasteiger partial charge in [-0.15, -0.1) is 0 Å². The van der Waals surface area contributed by atoms with E-state index in [0.29, 0.717) is 6.61 Å². The molecule has 1 aromatic rings. The van der Waals surface area contributed by atoms with Gasteiger partial charge >= 0.3 is 12.2 Å². The Hall–Kier alpha value is -1.90. The molecule has 9 heteroatoms. The minimum atomic E-state index is -5.05. The van der Waals surface area contributed by atoms with Crippen LogP contribution in [0.5, 0.6) is 0 Å². The third kappa shape index (κ3) is 2.86. The highest BCUT2D eigenvalue weighted by atomic mass is 19.4. The average Bonchev–Trinajstić information content (AvgIpc) is 2.94. The highest BCUT2D eigenvalue weighted by Gasteiger charge is 2.67. The van der Waals surface area contributed by atoms with Crippen LogP contribution in [0.2, 0.25) is 0 Å². The van der Waals surface area contributed by atoms with Crippen LogP contribution in [-0.2, 0) is 4.74 Å². The van der Waals surface area contributed by atoms with Gasteiger partial charge in [0.05, 0.1) is 11.7 Å². The number of carbonyl (C=O) groups excluding carboxylic acids is 1. The van der Waals surface area contributed by atoms with E-state index in [-0.39, 0.29) is 23.5 Å². The molecule has 4 atom stereocenters. The van der Waals surface area contributed by atoms with Gasteiger partial charge in [-0.3, -0.25) is 0 Å². The van der Waals surface area contributed by atoms with E-state index in [1.807, 2.05) is 0 Å². The zero-order chi connectivity index (χ0) is 19.4. The van der Waals surface area contributed by atoms with Gasteiger partial charge in [0.25, 0.3) is 0 Å². The number of amides is 2. The van der Waals surface area contributed by atoms with E-state index in [1.54, 1.807) is 5.32 Å². The monoisotopic (exact) mass is 390 g/mol. The van der Waals surface area contributed by atoms with Gasteiger partial charge in [0.1, 0.15) is 11.6 Å². The number of halogens is 5. The Morgan fingerprint density at radius 2 is 1.89 bits per heavy atom. The molecule has 3 aliphatic rings. The van der Waals surface area contributed by atoms with Crippen molar-refractivity contribution in [3.63, 3.8) is 0 Å². The first-order valence-electron chi connectivity index (χ1n) is 8.93. The van der Waals surface area contributed by atoms with Gasteiger partial charge < -0.3 is 15.4 Å². The van der Waals surface area contributed by atoms with Crippen LogP contribution in [0.15, 0.2) is 18.2 Å². The summed E-state index contributed by atoms with van der Waals surface area (Å²) in [7, 11) is 0. The summed E-state index contributed by atoms with van der Waals surface area (Å²) in [4.78, 5) is 12.3. The lowest BCUT2D eigenvalue weighted by atomic mass is 9.46. The SMILES string of the molecule is O=C(N[C@H](c1c(F)cccc1F)C(F)(F)F)N[C@@H]1[C@@H]2CCO[C@H]2C12CCC2. The Morgan fingerprint density at radius 3 is 2.44 bits per heavy atom. The Balaban J connectivity index is 1.51. The van der Waals surface area contributed by atoms with Crippen molar-refractivity contribution < 1.29 is 31.5 Å². The van der Waals surface area contributed by atoms with Crippen LogP contribution in [0.3, 0.4) is 0 Å². The molecule has 0 unspecified atom stereocenters. The molecule has 1 heterocycles. The number of alkyl halides is 3. The van der Waals surface area contributed by atoms with Crippen LogP contribution >= 0.6 is 0 Å². The molecule has 0 aromatic heterocycles. The number of carbonyl (C=O) groups is 1. The molecule has 1 saturated heterocycles. The first kappa shape index (κ1) is 18.5. The molecule has 0 radical (unpaired) electrons. The van der Waals surface area contributed by atoms with Gasteiger partial charge in [0.15, 0.2) is 6.04 Å². The lowest BCUT2D eigenvalue weighted by Crippen LogP contribution is -2.72. The standard InChI is InChI=1S/C18H19F5N2O2/c19-10-3-1-4-11(20)12(10)14(18(21,22)23)25-16(26)24-13-9-5-8-27-15(9)17(13)6-2-7-17/h1,3-4,9,13-15H,2,5-8H2,(H2,24,25,26)/t9-,13+,14+,15+/m0/s1. The highest BCUT2D eigenvalue weighted by molar-refractivity contribution is 5.75. The number of benzene rings is 1. The third-order valence-electron chi connectivity index (χ3n) is 6.21. The maximum absolute atomic E-state index is 13.9. The zero-order valence-corrected chi connectivity index (χ0v) is 14.3. The summed E-state index contributed by atoms with van der Waals surface area (Å²) >= 11 is 0. The van der Waals surface area contributed by atoms with Gasteiger partial charge in [-0.05, 0) is 31.4 Å². The van der Waals surface area contributed by atoms with Crippen molar-refractivity contribution in [1.82, 2.24) is 10.6 Å². The summed E-state index contributed by atoms with van der Waals surface area (Å²) < 4.78 is 73.6. The molecule has 4 rings (SSSR count). The minimum Gasteiger partial charge on any atom is -0.377 e. The van der Waals surface area contributed by atoms with Crippen molar-refractivity contribution in [2.75, 3.05) is 6.61 Å². The fraction of sp³-hybridized carbons (Fsp3) is 0.611. The van der Waals surface area contributed by atoms with Crippen molar-refractivity contribution in [3.8, 4) is 0 Å². The highest BCUT2D eigenvalue weighted by Crippen LogP contribution is 2.62. The Kier molecular flexibility index (Phi) is 4.32. The summed E-state index contributed by atoms with van der Waals surface area (Å²) in [6.07, 6.45) is -1.58. The van der Waals surface area contributed by atoms with Gasteiger partial charge in [-0.1, -0.05) is 12.5 Å². The van der Waals surface area contributed by atoms with Crippen molar-refractivity contribution in [1.29, 1.82) is 0 Å². The molecule has 1 aromatic carbocycles. The van der Waals surface area contributed by atoms with Crippen molar-refractivity contribution >= 4 is 6.03 Å². The predicted molar refractivity (Wildman–Crippen MR) is 84.7 cm³/mol. The molecule has 27 heavy (non-hydrogen) atoms. The largest absolute Gasteiger partial charge is 0.413 e. The van der Waals surface area contributed by atoms with Crippen molar-refractivity contribution in [3.05, 3.63) is 35.4 Å². The van der Waals surface area contributed by atoms with E-state index < -0.39 is 35.4 Å². The van der Waals surface area contributed by atoms with E-state index in [4.69, 9.17) is 4.74 Å². The van der Waals surface area contributed by atoms with E-state index >= 15 is 0 Å². The number of nitrogens with one attached hydrogen (secondary N) is 2. The molecular formula is C18H19F5N2O2. The maximum atomic E-state index is 13.9. The Labute approximate surface area is 152 Å². The second-order valence-corrected chi connectivity index (χ2v) is 7.54. The number of rotatable bonds is 3. The smallest absolute Gasteiger partial charge is 0.377 e. The zero-order valence-electron chi connectivity index (χ0n) is 14.3. The second-order valence-electron chi connectivity index (χ2n) is 7.54. The molecule has 2 amide bonds. The number of hydrogen-bond acceptors (Lipinski definition) is 2. The van der Waals surface area contributed by atoms with Gasteiger partial charge in [0.2, 0.25) is 0 Å². The summed E-state index contributed by atoms with van der Waals surface area (Å²) in [5.41, 5.74) is -1.43. The van der Waals surface area contributed by atoms with Crippen LogP contribution in [-0.4, -0.2) is 31.0 Å². The first-order valence-corrected chi connectivity index (χ1v) is 8.93. The quantitative estimate of drug-likeness (QED) is 0.771. The number of hydrogen-bond donors (Lipinski definition) is 2. The molecule has 2 saturated carbocycles. The molecule has 148 valence electrons. The van der Waals surface area contributed by atoms with Crippen LogP contribution in [0, 0.1) is 23.0 Å². The summed E-state index contributed by atoms with van der Waals surface area (Å²) in [6, 6.07) is -1.71. The fourth-order valence-electron chi connectivity index (χ4n) is 4.87. The fourth-order valence-corrected chi connectivity index (χ4v) is 4.87. The average molecular weight is 390 g/mol. The first-order chi connectivity index (χ1) is 12.7. The van der Waals surface area contributed by atoms with E-state index in [0.717, 1.165) is 43.9 Å². The Bertz CT molecular complexity index is 730. The van der Waals surface area contributed by atoms with Crippen LogP contribution in [0.4, 0.5) is 26.7 Å². The molecule has 4 nitrogen and oxygen atoms in total. The molecule has 1 aliphatic heterocycles. The van der Waals surface area contributed by atoms with Gasteiger partial charge in [-0.25, -0.2) is 13.6 Å². The van der Waals surface area contributed by atoms with Gasteiger partial charge in [0, 0.05) is 24.0 Å². The normalized spacial score (nSPS) is 29.4. The predicted octanol–water partition coefficient (Wildman–Crippen LogP) is 3.83. The summed E-state index contributed by atoms with van der Waals surface area (Å²) in [6.45, 7) is 0.572. The molecule has 1 spiro atoms. The van der Waals surface area contributed by atoms with E-state index in [9.17, 15) is 26.7 Å². The second kappa shape index (κ2) is 6.32. The Morgan fingerprint density at radius 1 is 1.22 bits per heavy atom. The van der Waals surface area contributed by atoms with Crippen molar-refractivity contribution in [2.45, 2.75) is 50.0 Å². The van der Waals surface area contributed by atoms with E-state index in [2.05, 4.69) is 5.32 Å². The van der Waals surface area contributed by atoms with Crippen LogP contribution in [0.1, 0.15) is 37.3 Å². The topological polar surface area (TPSA) is 50.4 Å². The molecule has 2 N–H and O–H groups in total. The summed E-state index contributed by atoms with van der Waals surface area (Å²) in [5.74, 6) is -2.65. The number of ether oxygens (including phenoxy) is 1. The number of urea groups is 1. The van der Waals surface area contributed by atoms with Crippen LogP contribution < -0.4 is 10.6 Å². The maximum Gasteiger partial charge on any atom is 0.413 e. The lowest BCUT2D eigenvalue weighted by Gasteiger charge is -2.63. The molecular weight excluding hydrogens is 371 g/mol. The minimum absolute atomic E-state index is 0.0407. The van der Waals surface area contributed by atoms with Gasteiger partial charge in [-0.2, -0.15) is 13.2 Å².